The second-order valence-electron chi connectivity index (χ2n) is 6.53. The number of ether oxygens (including phenoxy) is 1. The molecule has 0 unspecified atom stereocenters. The number of benzene rings is 1. The summed E-state index contributed by atoms with van der Waals surface area (Å²) in [7, 11) is 0. The molecule has 146 valence electrons. The molecule has 1 aromatic rings. The number of carbonyl (C=O) groups is 2. The molecule has 0 saturated carbocycles. The van der Waals surface area contributed by atoms with Crippen molar-refractivity contribution in [2.75, 3.05) is 6.54 Å². The smallest absolute Gasteiger partial charge is 0.311 e. The van der Waals surface area contributed by atoms with E-state index < -0.39 is 40.6 Å². The Hall–Kier alpha value is -2.16. The second kappa shape index (κ2) is 9.51. The Morgan fingerprint density at radius 3 is 2.15 bits per heavy atom. The van der Waals surface area contributed by atoms with Gasteiger partial charge < -0.3 is 4.74 Å². The number of hydrogen-bond donors (Lipinski definition) is 0. The molecule has 0 radical (unpaired) electrons. The quantitative estimate of drug-likeness (QED) is 0.124. The van der Waals surface area contributed by atoms with Crippen molar-refractivity contribution >= 4 is 12.4 Å². The standard InChI is InChI=1S/C17H21F4NO4/c1-17(2,3)26-22(10-23)8-6-4-5-7-13(24)25-16-14(20)11(18)9-12(19)15(16)21/h9-10H,4-8H2,1-3H3. The van der Waals surface area contributed by atoms with Gasteiger partial charge in [-0.1, -0.05) is 6.42 Å². The van der Waals surface area contributed by atoms with Crippen LogP contribution in [0.15, 0.2) is 6.07 Å². The molecule has 0 atom stereocenters. The molecule has 1 rings (SSSR count). The number of esters is 1. The minimum absolute atomic E-state index is 0.0282. The summed E-state index contributed by atoms with van der Waals surface area (Å²) in [6, 6.07) is 0.0282. The summed E-state index contributed by atoms with van der Waals surface area (Å²) in [5.74, 6) is -9.25. The Kier molecular flexibility index (Phi) is 8.01. The summed E-state index contributed by atoms with van der Waals surface area (Å²) in [5, 5.41) is 1.14. The lowest BCUT2D eigenvalue weighted by Gasteiger charge is -2.26. The van der Waals surface area contributed by atoms with Crippen LogP contribution in [0.25, 0.3) is 0 Å². The molecular weight excluding hydrogens is 358 g/mol. The Morgan fingerprint density at radius 2 is 1.65 bits per heavy atom. The molecule has 0 N–H and O–H groups in total. The van der Waals surface area contributed by atoms with Crippen molar-refractivity contribution in [1.82, 2.24) is 5.06 Å². The maximum absolute atomic E-state index is 13.4. The number of hydroxylamine groups is 2. The second-order valence-corrected chi connectivity index (χ2v) is 6.53. The first-order valence-corrected chi connectivity index (χ1v) is 8.00. The fourth-order valence-corrected chi connectivity index (χ4v) is 1.99. The lowest BCUT2D eigenvalue weighted by Crippen LogP contribution is -2.33. The van der Waals surface area contributed by atoms with Crippen LogP contribution in [0, 0.1) is 23.3 Å². The maximum Gasteiger partial charge on any atom is 0.311 e. The fourth-order valence-electron chi connectivity index (χ4n) is 1.99. The highest BCUT2D eigenvalue weighted by molar-refractivity contribution is 5.72. The third-order valence-electron chi connectivity index (χ3n) is 3.06. The predicted octanol–water partition coefficient (Wildman–Crippen LogP) is 3.90. The molecule has 9 heteroatoms. The van der Waals surface area contributed by atoms with Gasteiger partial charge in [0.05, 0.1) is 5.60 Å². The van der Waals surface area contributed by atoms with Crippen LogP contribution in [-0.4, -0.2) is 29.6 Å². The number of amides is 1. The zero-order valence-corrected chi connectivity index (χ0v) is 14.8. The molecule has 1 amide bonds. The van der Waals surface area contributed by atoms with Gasteiger partial charge >= 0.3 is 5.97 Å². The number of unbranched alkanes of at least 4 members (excludes halogenated alkanes) is 2. The molecule has 0 spiro atoms. The summed E-state index contributed by atoms with van der Waals surface area (Å²) in [4.78, 5) is 27.8. The molecule has 0 aliphatic carbocycles. The van der Waals surface area contributed by atoms with Crippen LogP contribution < -0.4 is 4.74 Å². The van der Waals surface area contributed by atoms with Crippen molar-refractivity contribution in [2.45, 2.75) is 52.1 Å². The van der Waals surface area contributed by atoms with Crippen molar-refractivity contribution in [3.8, 4) is 5.75 Å². The third kappa shape index (κ3) is 6.99. The Morgan fingerprint density at radius 1 is 1.08 bits per heavy atom. The van der Waals surface area contributed by atoms with Crippen LogP contribution in [-0.2, 0) is 14.4 Å². The van der Waals surface area contributed by atoms with Crippen LogP contribution >= 0.6 is 0 Å². The highest BCUT2D eigenvalue weighted by Crippen LogP contribution is 2.26. The van der Waals surface area contributed by atoms with Crippen molar-refractivity contribution in [2.24, 2.45) is 0 Å². The van der Waals surface area contributed by atoms with Gasteiger partial charge in [-0.15, -0.1) is 0 Å². The first-order valence-electron chi connectivity index (χ1n) is 8.00. The summed E-state index contributed by atoms with van der Waals surface area (Å²) < 4.78 is 57.3. The molecule has 26 heavy (non-hydrogen) atoms. The zero-order valence-electron chi connectivity index (χ0n) is 14.8. The average molecular weight is 379 g/mol. The Bertz CT molecular complexity index is 620. The highest BCUT2D eigenvalue weighted by Gasteiger charge is 2.23. The van der Waals surface area contributed by atoms with Gasteiger partial charge in [-0.3, -0.25) is 14.4 Å². The Balaban J connectivity index is 2.41. The van der Waals surface area contributed by atoms with E-state index in [1.807, 2.05) is 0 Å². The van der Waals surface area contributed by atoms with Crippen molar-refractivity contribution in [1.29, 1.82) is 0 Å². The number of hydrogen-bond acceptors (Lipinski definition) is 4. The maximum atomic E-state index is 13.4. The van der Waals surface area contributed by atoms with Gasteiger partial charge in [0, 0.05) is 19.0 Å². The van der Waals surface area contributed by atoms with E-state index in [1.165, 1.54) is 0 Å². The van der Waals surface area contributed by atoms with E-state index >= 15 is 0 Å². The summed E-state index contributed by atoms with van der Waals surface area (Å²) in [6.45, 7) is 5.65. The number of carbonyl (C=O) groups excluding carboxylic acids is 2. The first-order chi connectivity index (χ1) is 12.0. The monoisotopic (exact) mass is 379 g/mol. The van der Waals surface area contributed by atoms with Gasteiger partial charge in [-0.05, 0) is 33.6 Å². The normalized spacial score (nSPS) is 11.3. The average Bonchev–Trinajstić information content (AvgIpc) is 2.54. The van der Waals surface area contributed by atoms with Gasteiger partial charge in [0.2, 0.25) is 23.8 Å². The summed E-state index contributed by atoms with van der Waals surface area (Å²) in [6.07, 6.45) is 1.64. The molecule has 0 aromatic heterocycles. The summed E-state index contributed by atoms with van der Waals surface area (Å²) >= 11 is 0. The van der Waals surface area contributed by atoms with Crippen LogP contribution in [0.4, 0.5) is 17.6 Å². The minimum atomic E-state index is -1.77. The molecular formula is C17H21F4NO4. The molecule has 0 fully saturated rings. The van der Waals surface area contributed by atoms with E-state index in [-0.39, 0.29) is 12.5 Å². The summed E-state index contributed by atoms with van der Waals surface area (Å²) in [5.41, 5.74) is -0.529. The van der Waals surface area contributed by atoms with Gasteiger partial charge in [0.25, 0.3) is 0 Å². The molecule has 0 saturated heterocycles. The minimum Gasteiger partial charge on any atom is -0.420 e. The van der Waals surface area contributed by atoms with Gasteiger partial charge in [0.1, 0.15) is 0 Å². The van der Waals surface area contributed by atoms with Crippen molar-refractivity contribution in [3.63, 3.8) is 0 Å². The first kappa shape index (κ1) is 21.9. The molecule has 0 heterocycles. The van der Waals surface area contributed by atoms with Crippen molar-refractivity contribution < 1.29 is 36.7 Å². The van der Waals surface area contributed by atoms with Crippen LogP contribution in [0.2, 0.25) is 0 Å². The van der Waals surface area contributed by atoms with Gasteiger partial charge in [0.15, 0.2) is 11.6 Å². The SMILES string of the molecule is CC(C)(C)ON(C=O)CCCCCC(=O)Oc1c(F)c(F)cc(F)c1F. The Labute approximate surface area is 148 Å². The van der Waals surface area contributed by atoms with E-state index in [4.69, 9.17) is 4.84 Å². The van der Waals surface area contributed by atoms with Crippen molar-refractivity contribution in [3.05, 3.63) is 29.3 Å². The molecule has 0 bridgehead atoms. The lowest BCUT2D eigenvalue weighted by molar-refractivity contribution is -0.216. The third-order valence-corrected chi connectivity index (χ3v) is 3.06. The zero-order chi connectivity index (χ0) is 19.9. The van der Waals surface area contributed by atoms with E-state index in [9.17, 15) is 27.2 Å². The van der Waals surface area contributed by atoms with Gasteiger partial charge in [-0.25, -0.2) is 13.8 Å². The van der Waals surface area contributed by atoms with Crippen LogP contribution in [0.5, 0.6) is 5.75 Å². The number of rotatable bonds is 9. The molecule has 0 aliphatic heterocycles. The molecule has 0 aliphatic rings. The van der Waals surface area contributed by atoms with E-state index in [0.29, 0.717) is 32.2 Å². The van der Waals surface area contributed by atoms with E-state index in [1.54, 1.807) is 20.8 Å². The van der Waals surface area contributed by atoms with E-state index in [2.05, 4.69) is 4.74 Å². The molecule has 5 nitrogen and oxygen atoms in total. The lowest BCUT2D eigenvalue weighted by atomic mass is 10.2. The van der Waals surface area contributed by atoms with Crippen LogP contribution in [0.3, 0.4) is 0 Å². The van der Waals surface area contributed by atoms with Crippen LogP contribution in [0.1, 0.15) is 46.5 Å². The largest absolute Gasteiger partial charge is 0.420 e. The van der Waals surface area contributed by atoms with E-state index in [0.717, 1.165) is 5.06 Å². The van der Waals surface area contributed by atoms with Gasteiger partial charge in [-0.2, -0.15) is 8.78 Å². The number of nitrogens with zero attached hydrogens (tertiary/aromatic N) is 1. The fraction of sp³-hybridized carbons (Fsp3) is 0.529. The number of halogens is 4. The predicted molar refractivity (Wildman–Crippen MR) is 84.0 cm³/mol. The topological polar surface area (TPSA) is 55.8 Å². The molecule has 1 aromatic carbocycles. The highest BCUT2D eigenvalue weighted by atomic mass is 19.2.